The van der Waals surface area contributed by atoms with Crippen LogP contribution in [0.2, 0.25) is 0 Å². The van der Waals surface area contributed by atoms with Gasteiger partial charge in [0.1, 0.15) is 5.75 Å². The maximum atomic E-state index is 9.58. The Morgan fingerprint density at radius 3 is 2.33 bits per heavy atom. The van der Waals surface area contributed by atoms with Crippen molar-refractivity contribution >= 4 is 0 Å². The largest absolute Gasteiger partial charge is 0.493 e. The SMILES string of the molecule is CC(C)COc1ccc(CNCC(C)(C)O)cc1. The lowest BCUT2D eigenvalue weighted by Gasteiger charge is -2.17. The van der Waals surface area contributed by atoms with Crippen LogP contribution in [0.15, 0.2) is 24.3 Å². The smallest absolute Gasteiger partial charge is 0.119 e. The molecule has 0 saturated heterocycles. The van der Waals surface area contributed by atoms with Crippen LogP contribution in [-0.2, 0) is 6.54 Å². The number of nitrogens with one attached hydrogen (secondary N) is 1. The van der Waals surface area contributed by atoms with Crippen molar-refractivity contribution in [3.05, 3.63) is 29.8 Å². The van der Waals surface area contributed by atoms with Crippen molar-refractivity contribution in [2.75, 3.05) is 13.2 Å². The number of benzene rings is 1. The molecule has 0 heterocycles. The van der Waals surface area contributed by atoms with Crippen molar-refractivity contribution in [2.45, 2.75) is 39.8 Å². The predicted molar refractivity (Wildman–Crippen MR) is 74.8 cm³/mol. The Hall–Kier alpha value is -1.06. The molecule has 3 nitrogen and oxygen atoms in total. The van der Waals surface area contributed by atoms with Gasteiger partial charge in [-0.2, -0.15) is 0 Å². The zero-order valence-corrected chi connectivity index (χ0v) is 11.9. The van der Waals surface area contributed by atoms with Gasteiger partial charge in [0.15, 0.2) is 0 Å². The van der Waals surface area contributed by atoms with Gasteiger partial charge in [0.05, 0.1) is 12.2 Å². The number of hydrogen-bond acceptors (Lipinski definition) is 3. The van der Waals surface area contributed by atoms with Crippen molar-refractivity contribution < 1.29 is 9.84 Å². The van der Waals surface area contributed by atoms with Crippen LogP contribution in [0.3, 0.4) is 0 Å². The molecule has 0 fully saturated rings. The molecule has 1 aromatic rings. The maximum Gasteiger partial charge on any atom is 0.119 e. The van der Waals surface area contributed by atoms with Gasteiger partial charge in [0.25, 0.3) is 0 Å². The van der Waals surface area contributed by atoms with Crippen LogP contribution in [0.25, 0.3) is 0 Å². The molecule has 0 spiro atoms. The Morgan fingerprint density at radius 2 is 1.83 bits per heavy atom. The molecule has 0 aliphatic carbocycles. The lowest BCUT2D eigenvalue weighted by Crippen LogP contribution is -2.34. The van der Waals surface area contributed by atoms with Crippen LogP contribution in [0.5, 0.6) is 5.75 Å². The molecule has 3 heteroatoms. The minimum atomic E-state index is -0.666. The van der Waals surface area contributed by atoms with E-state index in [-0.39, 0.29) is 0 Å². The first-order chi connectivity index (χ1) is 8.37. The monoisotopic (exact) mass is 251 g/mol. The summed E-state index contributed by atoms with van der Waals surface area (Å²) in [7, 11) is 0. The Morgan fingerprint density at radius 1 is 1.22 bits per heavy atom. The summed E-state index contributed by atoms with van der Waals surface area (Å²) in [5, 5.41) is 12.8. The fourth-order valence-corrected chi connectivity index (χ4v) is 1.48. The first kappa shape index (κ1) is 15.0. The second kappa shape index (κ2) is 6.76. The molecule has 0 amide bonds. The molecule has 0 bridgehead atoms. The van der Waals surface area contributed by atoms with Crippen LogP contribution in [0.4, 0.5) is 0 Å². The van der Waals surface area contributed by atoms with Crippen LogP contribution >= 0.6 is 0 Å². The Bertz CT molecular complexity index is 339. The molecule has 0 saturated carbocycles. The molecule has 0 aliphatic rings. The summed E-state index contributed by atoms with van der Waals surface area (Å²) in [5.74, 6) is 1.45. The van der Waals surface area contributed by atoms with Crippen LogP contribution in [0, 0.1) is 5.92 Å². The summed E-state index contributed by atoms with van der Waals surface area (Å²) in [6.45, 7) is 9.94. The fraction of sp³-hybridized carbons (Fsp3) is 0.600. The zero-order chi connectivity index (χ0) is 13.6. The van der Waals surface area contributed by atoms with E-state index in [9.17, 15) is 5.11 Å². The normalized spacial score (nSPS) is 11.9. The van der Waals surface area contributed by atoms with Gasteiger partial charge in [-0.1, -0.05) is 26.0 Å². The summed E-state index contributed by atoms with van der Waals surface area (Å²) >= 11 is 0. The van der Waals surface area contributed by atoms with Gasteiger partial charge in [-0.15, -0.1) is 0 Å². The molecule has 0 unspecified atom stereocenters. The molecule has 1 rings (SSSR count). The quantitative estimate of drug-likeness (QED) is 0.782. The van der Waals surface area contributed by atoms with Gasteiger partial charge in [0.2, 0.25) is 0 Å². The summed E-state index contributed by atoms with van der Waals surface area (Å²) < 4.78 is 5.62. The molecule has 102 valence electrons. The van der Waals surface area contributed by atoms with Crippen molar-refractivity contribution in [1.82, 2.24) is 5.32 Å². The summed E-state index contributed by atoms with van der Waals surface area (Å²) in [6, 6.07) is 8.08. The third kappa shape index (κ3) is 6.62. The van der Waals surface area contributed by atoms with Crippen LogP contribution in [-0.4, -0.2) is 23.9 Å². The number of rotatable bonds is 7. The van der Waals surface area contributed by atoms with Crippen LogP contribution < -0.4 is 10.1 Å². The molecular weight excluding hydrogens is 226 g/mol. The standard InChI is InChI=1S/C15H25NO2/c1-12(2)10-18-14-7-5-13(6-8-14)9-16-11-15(3,4)17/h5-8,12,16-17H,9-11H2,1-4H3. The number of ether oxygens (including phenoxy) is 1. The summed E-state index contributed by atoms with van der Waals surface area (Å²) in [6.07, 6.45) is 0. The van der Waals surface area contributed by atoms with E-state index in [4.69, 9.17) is 4.74 Å². The second-order valence-electron chi connectivity index (χ2n) is 5.76. The van der Waals surface area contributed by atoms with Crippen molar-refractivity contribution in [3.8, 4) is 5.75 Å². The molecular formula is C15H25NO2. The third-order valence-electron chi connectivity index (χ3n) is 2.39. The van der Waals surface area contributed by atoms with E-state index in [1.165, 1.54) is 5.56 Å². The zero-order valence-electron chi connectivity index (χ0n) is 11.9. The first-order valence-corrected chi connectivity index (χ1v) is 6.51. The Kier molecular flexibility index (Phi) is 5.63. The number of hydrogen-bond donors (Lipinski definition) is 2. The number of aliphatic hydroxyl groups is 1. The molecule has 0 radical (unpaired) electrons. The molecule has 0 aliphatic heterocycles. The van der Waals surface area contributed by atoms with E-state index >= 15 is 0 Å². The average Bonchev–Trinajstić information content (AvgIpc) is 2.26. The topological polar surface area (TPSA) is 41.5 Å². The van der Waals surface area contributed by atoms with Gasteiger partial charge in [-0.25, -0.2) is 0 Å². The Labute approximate surface area is 110 Å². The molecule has 0 atom stereocenters. The highest BCUT2D eigenvalue weighted by Crippen LogP contribution is 2.13. The van der Waals surface area contributed by atoms with E-state index in [0.29, 0.717) is 12.5 Å². The molecule has 0 aromatic heterocycles. The minimum absolute atomic E-state index is 0.540. The van der Waals surface area contributed by atoms with E-state index in [1.807, 2.05) is 24.3 Å². The Balaban J connectivity index is 2.36. The van der Waals surface area contributed by atoms with Gasteiger partial charge in [0, 0.05) is 13.1 Å². The van der Waals surface area contributed by atoms with E-state index < -0.39 is 5.60 Å². The highest BCUT2D eigenvalue weighted by atomic mass is 16.5. The van der Waals surface area contributed by atoms with Crippen LogP contribution in [0.1, 0.15) is 33.3 Å². The lowest BCUT2D eigenvalue weighted by atomic mass is 10.1. The van der Waals surface area contributed by atoms with E-state index in [2.05, 4.69) is 19.2 Å². The fourth-order valence-electron chi connectivity index (χ4n) is 1.48. The summed E-state index contributed by atoms with van der Waals surface area (Å²) in [5.41, 5.74) is 0.525. The summed E-state index contributed by atoms with van der Waals surface area (Å²) in [4.78, 5) is 0. The highest BCUT2D eigenvalue weighted by molar-refractivity contribution is 5.27. The molecule has 2 N–H and O–H groups in total. The van der Waals surface area contributed by atoms with Gasteiger partial charge >= 0.3 is 0 Å². The minimum Gasteiger partial charge on any atom is -0.493 e. The molecule has 18 heavy (non-hydrogen) atoms. The highest BCUT2D eigenvalue weighted by Gasteiger charge is 2.10. The van der Waals surface area contributed by atoms with Gasteiger partial charge in [-0.05, 0) is 37.5 Å². The van der Waals surface area contributed by atoms with Gasteiger partial charge < -0.3 is 15.2 Å². The van der Waals surface area contributed by atoms with Crippen molar-refractivity contribution in [3.63, 3.8) is 0 Å². The molecule has 1 aromatic carbocycles. The van der Waals surface area contributed by atoms with Gasteiger partial charge in [-0.3, -0.25) is 0 Å². The lowest BCUT2D eigenvalue weighted by molar-refractivity contribution is 0.0795. The van der Waals surface area contributed by atoms with E-state index in [1.54, 1.807) is 13.8 Å². The van der Waals surface area contributed by atoms with Crippen molar-refractivity contribution in [2.24, 2.45) is 5.92 Å². The third-order valence-corrected chi connectivity index (χ3v) is 2.39. The predicted octanol–water partition coefficient (Wildman–Crippen LogP) is 2.58. The van der Waals surface area contributed by atoms with Crippen molar-refractivity contribution in [1.29, 1.82) is 0 Å². The van der Waals surface area contributed by atoms with E-state index in [0.717, 1.165) is 18.9 Å². The first-order valence-electron chi connectivity index (χ1n) is 6.51. The average molecular weight is 251 g/mol. The maximum absolute atomic E-state index is 9.58. The second-order valence-corrected chi connectivity index (χ2v) is 5.76.